The fourth-order valence-corrected chi connectivity index (χ4v) is 4.10. The van der Waals surface area contributed by atoms with Crippen LogP contribution in [0.4, 0.5) is 0 Å². The molecule has 1 aliphatic heterocycles. The third-order valence-electron chi connectivity index (χ3n) is 5.85. The number of ether oxygens (including phenoxy) is 1. The average molecular weight is 382 g/mol. The highest BCUT2D eigenvalue weighted by atomic mass is 16.5. The van der Waals surface area contributed by atoms with Crippen LogP contribution in [0.2, 0.25) is 0 Å². The predicted octanol–water partition coefficient (Wildman–Crippen LogP) is 3.46. The molecule has 5 nitrogen and oxygen atoms in total. The van der Waals surface area contributed by atoms with Crippen LogP contribution in [0.1, 0.15) is 34.5 Å². The second kappa shape index (κ2) is 8.74. The van der Waals surface area contributed by atoms with Crippen LogP contribution in [0.3, 0.4) is 0 Å². The molecule has 2 aromatic rings. The molecule has 1 aromatic carbocycles. The largest absolute Gasteiger partial charge is 0.379 e. The van der Waals surface area contributed by atoms with E-state index in [1.165, 1.54) is 11.1 Å². The highest BCUT2D eigenvalue weighted by molar-refractivity contribution is 5.92. The van der Waals surface area contributed by atoms with Gasteiger partial charge >= 0.3 is 0 Å². The number of carbonyl (C=O) groups excluding carboxylic acids is 1. The molecule has 5 heteroatoms. The Labute approximate surface area is 168 Å². The average Bonchev–Trinajstić information content (AvgIpc) is 2.91. The maximum atomic E-state index is 12.7. The summed E-state index contributed by atoms with van der Waals surface area (Å²) >= 11 is 0. The number of amides is 1. The zero-order valence-corrected chi connectivity index (χ0v) is 17.6. The van der Waals surface area contributed by atoms with E-state index in [0.717, 1.165) is 36.3 Å². The van der Waals surface area contributed by atoms with Crippen LogP contribution in [0.5, 0.6) is 0 Å². The second-order valence-corrected chi connectivity index (χ2v) is 7.84. The zero-order valence-electron chi connectivity index (χ0n) is 17.6. The first-order valence-corrected chi connectivity index (χ1v) is 9.94. The van der Waals surface area contributed by atoms with Gasteiger partial charge in [0, 0.05) is 44.6 Å². The Hall–Kier alpha value is -2.40. The number of rotatable bonds is 5. The first-order chi connectivity index (χ1) is 13.4. The molecule has 0 bridgehead atoms. The normalized spacial score (nSPS) is 20.1. The lowest BCUT2D eigenvalue weighted by molar-refractivity contribution is -0.131. The van der Waals surface area contributed by atoms with E-state index in [1.807, 2.05) is 36.6 Å². The molecule has 3 rings (SSSR count). The third-order valence-corrected chi connectivity index (χ3v) is 5.85. The van der Waals surface area contributed by atoms with E-state index in [2.05, 4.69) is 36.3 Å². The summed E-state index contributed by atoms with van der Waals surface area (Å²) in [5.74, 6) is 0.473. The summed E-state index contributed by atoms with van der Waals surface area (Å²) in [6, 6.07) is 8.65. The molecular weight excluding hydrogens is 350 g/mol. The van der Waals surface area contributed by atoms with Crippen molar-refractivity contribution >= 4 is 12.0 Å². The molecule has 0 aliphatic carbocycles. The number of likely N-dealkylation sites (tertiary alicyclic amines) is 1. The Balaban J connectivity index is 1.64. The van der Waals surface area contributed by atoms with Crippen molar-refractivity contribution in [3.63, 3.8) is 0 Å². The molecule has 0 unspecified atom stereocenters. The van der Waals surface area contributed by atoms with E-state index < -0.39 is 0 Å². The van der Waals surface area contributed by atoms with Gasteiger partial charge in [-0.25, -0.2) is 0 Å². The molecule has 2 atom stereocenters. The summed E-state index contributed by atoms with van der Waals surface area (Å²) in [6.07, 6.45) is 5.57. The minimum absolute atomic E-state index is 0.0405. The van der Waals surface area contributed by atoms with Crippen LogP contribution >= 0.6 is 0 Å². The Morgan fingerprint density at radius 3 is 2.75 bits per heavy atom. The minimum atomic E-state index is 0.0405. The van der Waals surface area contributed by atoms with Crippen LogP contribution in [0.15, 0.2) is 30.3 Å². The van der Waals surface area contributed by atoms with Crippen molar-refractivity contribution in [1.29, 1.82) is 0 Å². The predicted molar refractivity (Wildman–Crippen MR) is 112 cm³/mol. The lowest BCUT2D eigenvalue weighted by Gasteiger charge is -2.37. The van der Waals surface area contributed by atoms with Gasteiger partial charge < -0.3 is 9.64 Å². The number of piperidine rings is 1. The summed E-state index contributed by atoms with van der Waals surface area (Å²) in [4.78, 5) is 14.6. The van der Waals surface area contributed by atoms with Crippen LogP contribution in [-0.4, -0.2) is 46.9 Å². The van der Waals surface area contributed by atoms with Crippen molar-refractivity contribution in [1.82, 2.24) is 14.7 Å². The van der Waals surface area contributed by atoms with Crippen molar-refractivity contribution in [3.05, 3.63) is 58.4 Å². The van der Waals surface area contributed by atoms with Gasteiger partial charge in [0.1, 0.15) is 0 Å². The quantitative estimate of drug-likeness (QED) is 0.745. The molecule has 28 heavy (non-hydrogen) atoms. The van der Waals surface area contributed by atoms with Crippen molar-refractivity contribution in [2.75, 3.05) is 20.2 Å². The van der Waals surface area contributed by atoms with E-state index >= 15 is 0 Å². The number of aromatic nitrogens is 2. The fourth-order valence-electron chi connectivity index (χ4n) is 4.10. The van der Waals surface area contributed by atoms with E-state index in [4.69, 9.17) is 4.74 Å². The maximum Gasteiger partial charge on any atom is 0.246 e. The summed E-state index contributed by atoms with van der Waals surface area (Å²) in [7, 11) is 3.67. The maximum absolute atomic E-state index is 12.7. The molecule has 0 saturated carbocycles. The van der Waals surface area contributed by atoms with Gasteiger partial charge in [0.05, 0.1) is 11.8 Å². The summed E-state index contributed by atoms with van der Waals surface area (Å²) in [6.45, 7) is 7.51. The van der Waals surface area contributed by atoms with Gasteiger partial charge in [-0.15, -0.1) is 0 Å². The van der Waals surface area contributed by atoms with Gasteiger partial charge in [-0.1, -0.05) is 29.8 Å². The van der Waals surface area contributed by atoms with Crippen molar-refractivity contribution in [2.45, 2.75) is 39.7 Å². The summed E-state index contributed by atoms with van der Waals surface area (Å²) in [5.41, 5.74) is 5.65. The smallest absolute Gasteiger partial charge is 0.246 e. The molecule has 1 saturated heterocycles. The minimum Gasteiger partial charge on any atom is -0.379 e. The van der Waals surface area contributed by atoms with E-state index in [9.17, 15) is 4.79 Å². The number of nitrogens with zero attached hydrogens (tertiary/aromatic N) is 3. The van der Waals surface area contributed by atoms with Gasteiger partial charge in [-0.05, 0) is 51.2 Å². The molecule has 150 valence electrons. The van der Waals surface area contributed by atoms with Crippen LogP contribution in [0, 0.1) is 26.7 Å². The standard InChI is InChI=1S/C23H31N3O2/c1-16-7-6-8-19(13-16)14-20-11-12-26(15-22(20)28-5)23(27)10-9-21-17(2)24-25(4)18(21)3/h6-10,13,20,22H,11-12,14-15H2,1-5H3/b10-9+/t20-,22+/m1/s1. The molecule has 2 heterocycles. The third kappa shape index (κ3) is 4.53. The number of benzene rings is 1. The SMILES string of the molecule is CO[C@H]1CN(C(=O)/C=C/c2c(C)nn(C)c2C)CC[C@@H]1Cc1cccc(C)c1. The van der Waals surface area contributed by atoms with Gasteiger partial charge in [0.2, 0.25) is 5.91 Å². The van der Waals surface area contributed by atoms with Gasteiger partial charge in [0.25, 0.3) is 0 Å². The van der Waals surface area contributed by atoms with Crippen molar-refractivity contribution in [3.8, 4) is 0 Å². The van der Waals surface area contributed by atoms with Crippen LogP contribution < -0.4 is 0 Å². The lowest BCUT2D eigenvalue weighted by atomic mass is 9.87. The Kier molecular flexibility index (Phi) is 6.35. The monoisotopic (exact) mass is 381 g/mol. The topological polar surface area (TPSA) is 47.4 Å². The molecule has 1 amide bonds. The Morgan fingerprint density at radius 2 is 2.11 bits per heavy atom. The van der Waals surface area contributed by atoms with Crippen LogP contribution in [-0.2, 0) is 23.0 Å². The molecule has 1 fully saturated rings. The second-order valence-electron chi connectivity index (χ2n) is 7.84. The molecule has 0 radical (unpaired) electrons. The molecule has 1 aliphatic rings. The molecule has 0 N–H and O–H groups in total. The number of hydrogen-bond donors (Lipinski definition) is 0. The lowest BCUT2D eigenvalue weighted by Crippen LogP contribution is -2.47. The van der Waals surface area contributed by atoms with E-state index in [0.29, 0.717) is 12.5 Å². The number of aryl methyl sites for hydroxylation is 3. The summed E-state index contributed by atoms with van der Waals surface area (Å²) < 4.78 is 7.60. The van der Waals surface area contributed by atoms with E-state index in [-0.39, 0.29) is 12.0 Å². The Bertz CT molecular complexity index is 869. The first kappa shape index (κ1) is 20.3. The molecule has 1 aromatic heterocycles. The van der Waals surface area contributed by atoms with E-state index in [1.54, 1.807) is 13.2 Å². The number of methoxy groups -OCH3 is 1. The van der Waals surface area contributed by atoms with Crippen molar-refractivity contribution < 1.29 is 9.53 Å². The first-order valence-electron chi connectivity index (χ1n) is 9.94. The highest BCUT2D eigenvalue weighted by Gasteiger charge is 2.31. The van der Waals surface area contributed by atoms with Gasteiger partial charge in [-0.2, -0.15) is 5.10 Å². The zero-order chi connectivity index (χ0) is 20.3. The van der Waals surface area contributed by atoms with Gasteiger partial charge in [-0.3, -0.25) is 9.48 Å². The summed E-state index contributed by atoms with van der Waals surface area (Å²) in [5, 5.41) is 4.40. The van der Waals surface area contributed by atoms with Gasteiger partial charge in [0.15, 0.2) is 0 Å². The highest BCUT2D eigenvalue weighted by Crippen LogP contribution is 2.25. The van der Waals surface area contributed by atoms with Crippen LogP contribution in [0.25, 0.3) is 6.08 Å². The molecule has 0 spiro atoms. The number of carbonyl (C=O) groups is 1. The fraction of sp³-hybridized carbons (Fsp3) is 0.478. The Morgan fingerprint density at radius 1 is 1.32 bits per heavy atom. The molecular formula is C23H31N3O2. The van der Waals surface area contributed by atoms with Crippen molar-refractivity contribution in [2.24, 2.45) is 13.0 Å². The number of hydrogen-bond acceptors (Lipinski definition) is 3.